The topological polar surface area (TPSA) is 61.8 Å². The molecule has 0 bridgehead atoms. The van der Waals surface area contributed by atoms with Crippen LogP contribution in [0.4, 0.5) is 0 Å². The van der Waals surface area contributed by atoms with Crippen molar-refractivity contribution in [3.8, 4) is 17.2 Å². The Bertz CT molecular complexity index is 936. The molecular formula is C24H26O5. The molecule has 0 fully saturated rings. The summed E-state index contributed by atoms with van der Waals surface area (Å²) < 4.78 is 15.9. The summed E-state index contributed by atoms with van der Waals surface area (Å²) in [5, 5.41) is 0. The van der Waals surface area contributed by atoms with E-state index in [9.17, 15) is 9.59 Å². The van der Waals surface area contributed by atoms with Crippen molar-refractivity contribution in [2.24, 2.45) is 0 Å². The number of hydrogen-bond donors (Lipinski definition) is 0. The third-order valence-electron chi connectivity index (χ3n) is 4.58. The fourth-order valence-corrected chi connectivity index (χ4v) is 2.75. The van der Waals surface area contributed by atoms with Gasteiger partial charge in [-0.1, -0.05) is 19.9 Å². The number of ketones is 1. The minimum Gasteiger partial charge on any atom is -0.497 e. The van der Waals surface area contributed by atoms with Crippen LogP contribution in [0.5, 0.6) is 17.2 Å². The highest BCUT2D eigenvalue weighted by Gasteiger charge is 2.24. The van der Waals surface area contributed by atoms with Gasteiger partial charge in [0.15, 0.2) is 5.78 Å². The lowest BCUT2D eigenvalue weighted by Gasteiger charge is -2.24. The van der Waals surface area contributed by atoms with Crippen molar-refractivity contribution >= 4 is 17.8 Å². The zero-order valence-corrected chi connectivity index (χ0v) is 17.4. The third kappa shape index (κ3) is 5.35. The van der Waals surface area contributed by atoms with Crippen molar-refractivity contribution < 1.29 is 23.8 Å². The number of rotatable bonds is 8. The highest BCUT2D eigenvalue weighted by atomic mass is 16.5. The Kier molecular flexibility index (Phi) is 6.99. The summed E-state index contributed by atoms with van der Waals surface area (Å²) in [7, 11) is 3.10. The molecule has 0 aliphatic heterocycles. The summed E-state index contributed by atoms with van der Waals surface area (Å²) in [5.41, 5.74) is 1.54. The maximum Gasteiger partial charge on any atom is 0.308 e. The van der Waals surface area contributed by atoms with Crippen LogP contribution in [0.1, 0.15) is 42.3 Å². The molecule has 0 aliphatic carbocycles. The van der Waals surface area contributed by atoms with Crippen molar-refractivity contribution in [2.75, 3.05) is 14.2 Å². The number of methoxy groups -OCH3 is 2. The number of hydrogen-bond acceptors (Lipinski definition) is 5. The molecule has 0 spiro atoms. The number of carbonyl (C=O) groups is 2. The standard InChI is InChI=1S/C24H26O5/c1-7-24(3,4)20-14-18(22(28-6)15-23(20)29-16(2)25)10-13-21(26)17-8-11-19(27-5)12-9-17/h7-15H,1H2,2-6H3/b13-10+. The van der Waals surface area contributed by atoms with Gasteiger partial charge in [0.1, 0.15) is 17.2 Å². The number of esters is 1. The van der Waals surface area contributed by atoms with E-state index in [1.165, 1.54) is 20.1 Å². The first-order valence-electron chi connectivity index (χ1n) is 9.12. The second kappa shape index (κ2) is 9.24. The average Bonchev–Trinajstić information content (AvgIpc) is 2.71. The van der Waals surface area contributed by atoms with Crippen LogP contribution in [-0.2, 0) is 10.2 Å². The van der Waals surface area contributed by atoms with Crippen molar-refractivity contribution in [1.29, 1.82) is 0 Å². The first-order chi connectivity index (χ1) is 13.7. The third-order valence-corrected chi connectivity index (χ3v) is 4.58. The Morgan fingerprint density at radius 3 is 2.17 bits per heavy atom. The highest BCUT2D eigenvalue weighted by Crippen LogP contribution is 2.38. The Morgan fingerprint density at radius 2 is 1.66 bits per heavy atom. The average molecular weight is 394 g/mol. The highest BCUT2D eigenvalue weighted by molar-refractivity contribution is 6.07. The van der Waals surface area contributed by atoms with E-state index in [1.807, 2.05) is 19.9 Å². The van der Waals surface area contributed by atoms with E-state index in [1.54, 1.807) is 49.6 Å². The molecule has 0 heterocycles. The van der Waals surface area contributed by atoms with Gasteiger partial charge in [0.2, 0.25) is 0 Å². The zero-order valence-electron chi connectivity index (χ0n) is 17.4. The SMILES string of the molecule is C=CC(C)(C)c1cc(/C=C/C(=O)c2ccc(OC)cc2)c(OC)cc1OC(C)=O. The molecule has 0 amide bonds. The van der Waals surface area contributed by atoms with Gasteiger partial charge in [0.05, 0.1) is 14.2 Å². The van der Waals surface area contributed by atoms with Crippen LogP contribution in [0.25, 0.3) is 6.08 Å². The van der Waals surface area contributed by atoms with Crippen LogP contribution < -0.4 is 14.2 Å². The summed E-state index contributed by atoms with van der Waals surface area (Å²) in [4.78, 5) is 24.0. The molecule has 2 aromatic rings. The first-order valence-corrected chi connectivity index (χ1v) is 9.12. The quantitative estimate of drug-likeness (QED) is 0.208. The lowest BCUT2D eigenvalue weighted by molar-refractivity contribution is -0.131. The molecule has 2 rings (SSSR count). The molecule has 5 nitrogen and oxygen atoms in total. The lowest BCUT2D eigenvalue weighted by atomic mass is 9.83. The monoisotopic (exact) mass is 394 g/mol. The fraction of sp³-hybridized carbons (Fsp3) is 0.250. The van der Waals surface area contributed by atoms with Gasteiger partial charge in [-0.3, -0.25) is 9.59 Å². The van der Waals surface area contributed by atoms with Crippen LogP contribution >= 0.6 is 0 Å². The molecule has 29 heavy (non-hydrogen) atoms. The van der Waals surface area contributed by atoms with E-state index in [-0.39, 0.29) is 5.78 Å². The van der Waals surface area contributed by atoms with Gasteiger partial charge in [-0.2, -0.15) is 0 Å². The normalized spacial score (nSPS) is 11.2. The van der Waals surface area contributed by atoms with Crippen molar-refractivity contribution in [2.45, 2.75) is 26.2 Å². The summed E-state index contributed by atoms with van der Waals surface area (Å²) in [6.07, 6.45) is 4.94. The Labute approximate surface area is 171 Å². The van der Waals surface area contributed by atoms with Crippen LogP contribution in [0, 0.1) is 0 Å². The fourth-order valence-electron chi connectivity index (χ4n) is 2.75. The molecule has 2 aromatic carbocycles. The van der Waals surface area contributed by atoms with Gasteiger partial charge in [-0.25, -0.2) is 0 Å². The summed E-state index contributed by atoms with van der Waals surface area (Å²) in [5.74, 6) is 1.00. The van der Waals surface area contributed by atoms with Gasteiger partial charge < -0.3 is 14.2 Å². The van der Waals surface area contributed by atoms with E-state index < -0.39 is 11.4 Å². The van der Waals surface area contributed by atoms with Gasteiger partial charge in [0, 0.05) is 35.1 Å². The largest absolute Gasteiger partial charge is 0.497 e. The summed E-state index contributed by atoms with van der Waals surface area (Å²) >= 11 is 0. The maximum atomic E-state index is 12.5. The number of carbonyl (C=O) groups excluding carboxylic acids is 2. The molecule has 152 valence electrons. The van der Waals surface area contributed by atoms with E-state index >= 15 is 0 Å². The van der Waals surface area contributed by atoms with Crippen molar-refractivity contribution in [3.63, 3.8) is 0 Å². The van der Waals surface area contributed by atoms with E-state index in [0.29, 0.717) is 28.4 Å². The molecule has 0 atom stereocenters. The van der Waals surface area contributed by atoms with Crippen LogP contribution in [-0.4, -0.2) is 26.0 Å². The molecular weight excluding hydrogens is 368 g/mol. The van der Waals surface area contributed by atoms with Gasteiger partial charge >= 0.3 is 5.97 Å². The number of benzene rings is 2. The van der Waals surface area contributed by atoms with Gasteiger partial charge in [-0.05, 0) is 42.5 Å². The van der Waals surface area contributed by atoms with Crippen LogP contribution in [0.15, 0.2) is 55.1 Å². The minimum absolute atomic E-state index is 0.150. The van der Waals surface area contributed by atoms with Gasteiger partial charge in [-0.15, -0.1) is 6.58 Å². The van der Waals surface area contributed by atoms with Crippen LogP contribution in [0.3, 0.4) is 0 Å². The molecule has 0 saturated heterocycles. The number of ether oxygens (including phenoxy) is 3. The molecule has 0 unspecified atom stereocenters. The second-order valence-corrected chi connectivity index (χ2v) is 7.04. The zero-order chi connectivity index (χ0) is 21.6. The van der Waals surface area contributed by atoms with Gasteiger partial charge in [0.25, 0.3) is 0 Å². The Morgan fingerprint density at radius 1 is 1.00 bits per heavy atom. The molecule has 0 aromatic heterocycles. The minimum atomic E-state index is -0.459. The first kappa shape index (κ1) is 22.0. The van der Waals surface area contributed by atoms with E-state index in [0.717, 1.165) is 5.56 Å². The summed E-state index contributed by atoms with van der Waals surface area (Å²) in [6, 6.07) is 10.4. The van der Waals surface area contributed by atoms with Crippen LogP contribution in [0.2, 0.25) is 0 Å². The Balaban J connectivity index is 2.45. The molecule has 5 heteroatoms. The molecule has 0 saturated carbocycles. The second-order valence-electron chi connectivity index (χ2n) is 7.04. The lowest BCUT2D eigenvalue weighted by Crippen LogP contribution is -2.17. The predicted molar refractivity (Wildman–Crippen MR) is 114 cm³/mol. The van der Waals surface area contributed by atoms with E-state index in [4.69, 9.17) is 14.2 Å². The van der Waals surface area contributed by atoms with Crippen molar-refractivity contribution in [1.82, 2.24) is 0 Å². The summed E-state index contributed by atoms with van der Waals surface area (Å²) in [6.45, 7) is 9.15. The number of allylic oxidation sites excluding steroid dienone is 2. The predicted octanol–water partition coefficient (Wildman–Crippen LogP) is 4.99. The maximum absolute atomic E-state index is 12.5. The molecule has 0 aliphatic rings. The van der Waals surface area contributed by atoms with Crippen molar-refractivity contribution in [3.05, 3.63) is 71.8 Å². The van der Waals surface area contributed by atoms with E-state index in [2.05, 4.69) is 6.58 Å². The Hall–Kier alpha value is -3.34. The molecule has 0 N–H and O–H groups in total. The smallest absolute Gasteiger partial charge is 0.308 e. The molecule has 0 radical (unpaired) electrons.